The van der Waals surface area contributed by atoms with E-state index in [0.29, 0.717) is 45.3 Å². The van der Waals surface area contributed by atoms with Gasteiger partial charge in [-0.2, -0.15) is 5.10 Å². The van der Waals surface area contributed by atoms with E-state index in [-0.39, 0.29) is 14.7 Å². The molecular weight excluding hydrogens is 518 g/mol. The summed E-state index contributed by atoms with van der Waals surface area (Å²) < 4.78 is 12.5. The summed E-state index contributed by atoms with van der Waals surface area (Å²) in [6.45, 7) is 5.60. The molecule has 0 saturated carbocycles. The van der Waals surface area contributed by atoms with Crippen LogP contribution in [0.25, 0.3) is 15.3 Å². The number of aryl methyl sites for hydroxylation is 1. The van der Waals surface area contributed by atoms with E-state index in [1.54, 1.807) is 37.0 Å². The number of rotatable bonds is 7. The highest BCUT2D eigenvalue weighted by Gasteiger charge is 2.44. The topological polar surface area (TPSA) is 123 Å². The molecule has 2 amide bonds. The van der Waals surface area contributed by atoms with Crippen molar-refractivity contribution >= 4 is 39.4 Å². The maximum Gasteiger partial charge on any atom is 0.260 e. The third-order valence-electron chi connectivity index (χ3n) is 7.33. The zero-order valence-corrected chi connectivity index (χ0v) is 22.6. The Kier molecular flexibility index (Phi) is 6.75. The Morgan fingerprint density at radius 3 is 2.82 bits per heavy atom. The standard InChI is InChI=1S/C27H29N7O4S.2H2/c1-17-21(10-18(11-29-17)31-23(35)14-33-15-27(16-33)5-8-38-9-6-27)32-24(36)20-12-30-34-13-22(39-26(20)34)19-4-3-7-28-25(19)37-2;;/h3-4,7,10-13H,5-6,8-9,14-16H2,1-2H3,(H,31,35)(H,32,36);2*1H. The lowest BCUT2D eigenvalue weighted by Crippen LogP contribution is -2.59. The van der Waals surface area contributed by atoms with Gasteiger partial charge in [0.1, 0.15) is 4.83 Å². The number of methoxy groups -OCH3 is 1. The molecule has 6 rings (SSSR count). The minimum atomic E-state index is -0.313. The number of carbonyl (C=O) groups is 2. The quantitative estimate of drug-likeness (QED) is 0.354. The van der Waals surface area contributed by atoms with Crippen LogP contribution in [0.3, 0.4) is 0 Å². The van der Waals surface area contributed by atoms with Crippen LogP contribution in [-0.2, 0) is 9.53 Å². The van der Waals surface area contributed by atoms with Gasteiger partial charge in [0.25, 0.3) is 5.91 Å². The highest BCUT2D eigenvalue weighted by atomic mass is 32.1. The first-order valence-corrected chi connectivity index (χ1v) is 13.6. The second-order valence-corrected chi connectivity index (χ2v) is 11.1. The largest absolute Gasteiger partial charge is 0.481 e. The van der Waals surface area contributed by atoms with Crippen molar-refractivity contribution in [2.75, 3.05) is 50.6 Å². The Labute approximate surface area is 232 Å². The molecule has 2 fully saturated rings. The average Bonchev–Trinajstić information content (AvgIpc) is 3.51. The van der Waals surface area contributed by atoms with Crippen molar-refractivity contribution in [3.63, 3.8) is 0 Å². The summed E-state index contributed by atoms with van der Waals surface area (Å²) in [5, 5.41) is 10.2. The van der Waals surface area contributed by atoms with Crippen LogP contribution >= 0.6 is 11.3 Å². The van der Waals surface area contributed by atoms with Gasteiger partial charge in [0.15, 0.2) is 0 Å². The lowest BCUT2D eigenvalue weighted by atomic mass is 9.73. The molecule has 12 heteroatoms. The fraction of sp³-hybridized carbons (Fsp3) is 0.370. The molecule has 2 aliphatic heterocycles. The normalized spacial score (nSPS) is 16.7. The van der Waals surface area contributed by atoms with Crippen molar-refractivity contribution in [1.82, 2.24) is 24.5 Å². The number of thiazole rings is 1. The van der Waals surface area contributed by atoms with Gasteiger partial charge in [0.05, 0.1) is 59.1 Å². The summed E-state index contributed by atoms with van der Waals surface area (Å²) in [4.78, 5) is 38.3. The van der Waals surface area contributed by atoms with E-state index in [4.69, 9.17) is 9.47 Å². The number of hydrogen-bond donors (Lipinski definition) is 2. The molecule has 6 heterocycles. The van der Waals surface area contributed by atoms with Crippen LogP contribution in [0.1, 0.15) is 31.7 Å². The molecule has 39 heavy (non-hydrogen) atoms. The van der Waals surface area contributed by atoms with Crippen LogP contribution in [0.4, 0.5) is 11.4 Å². The molecule has 1 spiro atoms. The zero-order chi connectivity index (χ0) is 27.0. The van der Waals surface area contributed by atoms with E-state index >= 15 is 0 Å². The molecular formula is C27H33N7O4S. The van der Waals surface area contributed by atoms with Crippen molar-refractivity contribution in [2.24, 2.45) is 5.41 Å². The number of hydrogen-bond acceptors (Lipinski definition) is 9. The number of ether oxygens (including phenoxy) is 2. The van der Waals surface area contributed by atoms with Gasteiger partial charge in [-0.3, -0.25) is 19.5 Å². The van der Waals surface area contributed by atoms with Crippen LogP contribution in [0.15, 0.2) is 43.0 Å². The second-order valence-electron chi connectivity index (χ2n) is 10.1. The van der Waals surface area contributed by atoms with Crippen molar-refractivity contribution in [3.8, 4) is 16.3 Å². The first-order valence-electron chi connectivity index (χ1n) is 12.8. The first-order chi connectivity index (χ1) is 18.9. The van der Waals surface area contributed by atoms with Gasteiger partial charge < -0.3 is 20.1 Å². The van der Waals surface area contributed by atoms with Gasteiger partial charge in [-0.1, -0.05) is 0 Å². The molecule has 0 radical (unpaired) electrons. The number of likely N-dealkylation sites (tertiary alicyclic amines) is 1. The molecule has 2 aliphatic rings. The summed E-state index contributed by atoms with van der Waals surface area (Å²) >= 11 is 1.42. The molecule has 11 nitrogen and oxygen atoms in total. The molecule has 0 unspecified atom stereocenters. The fourth-order valence-electron chi connectivity index (χ4n) is 5.26. The first kappa shape index (κ1) is 25.4. The van der Waals surface area contributed by atoms with Gasteiger partial charge >= 0.3 is 0 Å². The zero-order valence-electron chi connectivity index (χ0n) is 21.8. The molecule has 4 aromatic heterocycles. The van der Waals surface area contributed by atoms with Crippen LogP contribution in [0.5, 0.6) is 5.88 Å². The van der Waals surface area contributed by atoms with Crippen LogP contribution in [0.2, 0.25) is 0 Å². The predicted octanol–water partition coefficient (Wildman–Crippen LogP) is 3.97. The third kappa shape index (κ3) is 5.10. The summed E-state index contributed by atoms with van der Waals surface area (Å²) in [6, 6.07) is 5.48. The van der Waals surface area contributed by atoms with Gasteiger partial charge in [-0.25, -0.2) is 9.50 Å². The Hall–Kier alpha value is -3.87. The molecule has 4 aromatic rings. The molecule has 2 saturated heterocycles. The van der Waals surface area contributed by atoms with Gasteiger partial charge in [0.2, 0.25) is 11.8 Å². The average molecular weight is 552 g/mol. The van der Waals surface area contributed by atoms with Crippen molar-refractivity contribution < 1.29 is 21.9 Å². The number of anilines is 2. The highest BCUT2D eigenvalue weighted by Crippen LogP contribution is 2.39. The van der Waals surface area contributed by atoms with Gasteiger partial charge in [0, 0.05) is 47.0 Å². The maximum absolute atomic E-state index is 13.3. The lowest BCUT2D eigenvalue weighted by molar-refractivity contribution is -0.124. The Bertz CT molecular complexity index is 1550. The Balaban J connectivity index is 0.00000194. The third-order valence-corrected chi connectivity index (χ3v) is 8.47. The van der Waals surface area contributed by atoms with Gasteiger partial charge in [-0.15, -0.1) is 11.3 Å². The molecule has 2 N–H and O–H groups in total. The SMILES string of the molecule is COc1ncccc1-c1cn2ncc(C(=O)Nc3cc(NC(=O)CN4CC5(CCOCC5)C4)cnc3C)c2s1.[HH].[HH]. The second kappa shape index (κ2) is 10.4. The highest BCUT2D eigenvalue weighted by molar-refractivity contribution is 7.21. The summed E-state index contributed by atoms with van der Waals surface area (Å²) in [6.07, 6.45) is 8.78. The number of carbonyl (C=O) groups excluding carboxylic acids is 2. The maximum atomic E-state index is 13.3. The summed E-state index contributed by atoms with van der Waals surface area (Å²) in [7, 11) is 1.57. The Morgan fingerprint density at radius 1 is 1.21 bits per heavy atom. The van der Waals surface area contributed by atoms with E-state index in [9.17, 15) is 9.59 Å². The van der Waals surface area contributed by atoms with E-state index in [1.807, 2.05) is 18.3 Å². The van der Waals surface area contributed by atoms with E-state index in [2.05, 4.69) is 30.6 Å². The fourth-order valence-corrected chi connectivity index (χ4v) is 6.34. The lowest BCUT2D eigenvalue weighted by Gasteiger charge is -2.52. The number of nitrogens with zero attached hydrogens (tertiary/aromatic N) is 5. The molecule has 0 atom stereocenters. The van der Waals surface area contributed by atoms with E-state index < -0.39 is 0 Å². The van der Waals surface area contributed by atoms with Crippen molar-refractivity contribution in [2.45, 2.75) is 19.8 Å². The number of amides is 2. The number of nitrogens with one attached hydrogen (secondary N) is 2. The Morgan fingerprint density at radius 2 is 2.03 bits per heavy atom. The molecule has 206 valence electrons. The summed E-state index contributed by atoms with van der Waals surface area (Å²) in [5.74, 6) is 0.0909. The van der Waals surface area contributed by atoms with Crippen LogP contribution < -0.4 is 15.4 Å². The minimum absolute atomic E-state index is 0. The number of aromatic nitrogens is 4. The number of pyridine rings is 2. The predicted molar refractivity (Wildman–Crippen MR) is 152 cm³/mol. The van der Waals surface area contributed by atoms with Crippen LogP contribution in [-0.4, -0.2) is 76.3 Å². The van der Waals surface area contributed by atoms with Crippen molar-refractivity contribution in [3.05, 3.63) is 54.2 Å². The van der Waals surface area contributed by atoms with Crippen molar-refractivity contribution in [1.29, 1.82) is 0 Å². The molecule has 0 aliphatic carbocycles. The monoisotopic (exact) mass is 551 g/mol. The van der Waals surface area contributed by atoms with E-state index in [1.165, 1.54) is 17.5 Å². The molecule has 0 aromatic carbocycles. The number of fused-ring (bicyclic) bond motifs is 1. The van der Waals surface area contributed by atoms with Gasteiger partial charge in [-0.05, 0) is 38.0 Å². The smallest absolute Gasteiger partial charge is 0.260 e. The van der Waals surface area contributed by atoms with Crippen LogP contribution in [0, 0.1) is 12.3 Å². The minimum Gasteiger partial charge on any atom is -0.481 e. The molecule has 0 bridgehead atoms. The van der Waals surface area contributed by atoms with E-state index in [0.717, 1.165) is 49.6 Å². The summed E-state index contributed by atoms with van der Waals surface area (Å²) in [5.41, 5.74) is 3.27.